The molecule has 0 radical (unpaired) electrons. The summed E-state index contributed by atoms with van der Waals surface area (Å²) >= 11 is 6.72. The SMILES string of the molecule is Cc1c(O)nc(-c2ccc(Br)c(Br)c2)[nH]c1=O. The maximum absolute atomic E-state index is 11.5. The summed E-state index contributed by atoms with van der Waals surface area (Å²) in [6.07, 6.45) is 0. The highest BCUT2D eigenvalue weighted by Crippen LogP contribution is 2.27. The van der Waals surface area contributed by atoms with Crippen molar-refractivity contribution in [1.29, 1.82) is 0 Å². The van der Waals surface area contributed by atoms with Crippen LogP contribution in [0.2, 0.25) is 0 Å². The first-order valence-electron chi connectivity index (χ1n) is 4.74. The highest BCUT2D eigenvalue weighted by atomic mass is 79.9. The molecule has 17 heavy (non-hydrogen) atoms. The first-order chi connectivity index (χ1) is 7.99. The molecule has 0 aliphatic heterocycles. The molecule has 0 saturated carbocycles. The minimum Gasteiger partial charge on any atom is -0.493 e. The van der Waals surface area contributed by atoms with Crippen LogP contribution in [0.25, 0.3) is 11.4 Å². The largest absolute Gasteiger partial charge is 0.493 e. The van der Waals surface area contributed by atoms with Gasteiger partial charge in [-0.15, -0.1) is 0 Å². The van der Waals surface area contributed by atoms with E-state index in [4.69, 9.17) is 0 Å². The van der Waals surface area contributed by atoms with Crippen molar-refractivity contribution in [3.05, 3.63) is 43.1 Å². The molecule has 88 valence electrons. The molecule has 0 aliphatic rings. The topological polar surface area (TPSA) is 66.0 Å². The van der Waals surface area contributed by atoms with Gasteiger partial charge < -0.3 is 10.1 Å². The van der Waals surface area contributed by atoms with Crippen LogP contribution >= 0.6 is 31.9 Å². The summed E-state index contributed by atoms with van der Waals surface area (Å²) in [5.41, 5.74) is 0.587. The van der Waals surface area contributed by atoms with Crippen LogP contribution in [0.1, 0.15) is 5.56 Å². The molecule has 0 aliphatic carbocycles. The average Bonchev–Trinajstić information content (AvgIpc) is 2.29. The Morgan fingerprint density at radius 2 is 2.00 bits per heavy atom. The van der Waals surface area contributed by atoms with E-state index >= 15 is 0 Å². The average molecular weight is 360 g/mol. The molecule has 2 N–H and O–H groups in total. The number of hydrogen-bond donors (Lipinski definition) is 2. The maximum Gasteiger partial charge on any atom is 0.257 e. The number of benzene rings is 1. The molecule has 4 nitrogen and oxygen atoms in total. The van der Waals surface area contributed by atoms with E-state index in [9.17, 15) is 9.90 Å². The summed E-state index contributed by atoms with van der Waals surface area (Å²) < 4.78 is 1.75. The number of aromatic hydroxyl groups is 1. The second-order valence-electron chi connectivity index (χ2n) is 3.49. The van der Waals surface area contributed by atoms with E-state index < -0.39 is 0 Å². The molecular weight excluding hydrogens is 352 g/mol. The Labute approximate surface area is 114 Å². The third kappa shape index (κ3) is 2.42. The van der Waals surface area contributed by atoms with Gasteiger partial charge in [-0.25, -0.2) is 0 Å². The van der Waals surface area contributed by atoms with Crippen LogP contribution < -0.4 is 5.56 Å². The van der Waals surface area contributed by atoms with Crippen molar-refractivity contribution in [1.82, 2.24) is 9.97 Å². The van der Waals surface area contributed by atoms with Gasteiger partial charge >= 0.3 is 0 Å². The van der Waals surface area contributed by atoms with Crippen molar-refractivity contribution < 1.29 is 5.11 Å². The second kappa shape index (κ2) is 4.62. The zero-order valence-electron chi connectivity index (χ0n) is 8.79. The minimum atomic E-state index is -0.341. The summed E-state index contributed by atoms with van der Waals surface area (Å²) in [5, 5.41) is 9.51. The van der Waals surface area contributed by atoms with Crippen LogP contribution in [0.15, 0.2) is 31.9 Å². The summed E-state index contributed by atoms with van der Waals surface area (Å²) in [5.74, 6) is 0.0918. The number of H-pyrrole nitrogens is 1. The fraction of sp³-hybridized carbons (Fsp3) is 0.0909. The third-order valence-corrected chi connectivity index (χ3v) is 4.20. The highest BCUT2D eigenvalue weighted by Gasteiger charge is 2.08. The Morgan fingerprint density at radius 1 is 1.29 bits per heavy atom. The molecule has 0 fully saturated rings. The molecule has 0 unspecified atom stereocenters. The van der Waals surface area contributed by atoms with Crippen LogP contribution in [0.4, 0.5) is 0 Å². The number of hydrogen-bond acceptors (Lipinski definition) is 3. The predicted molar refractivity (Wildman–Crippen MR) is 72.1 cm³/mol. The first-order valence-corrected chi connectivity index (χ1v) is 6.33. The Bertz CT molecular complexity index is 638. The number of nitrogens with one attached hydrogen (secondary N) is 1. The van der Waals surface area contributed by atoms with Crippen LogP contribution in [0.5, 0.6) is 5.88 Å². The van der Waals surface area contributed by atoms with Crippen molar-refractivity contribution in [2.45, 2.75) is 6.92 Å². The summed E-state index contributed by atoms with van der Waals surface area (Å²) in [6, 6.07) is 5.43. The van der Waals surface area contributed by atoms with E-state index in [0.29, 0.717) is 11.4 Å². The Balaban J connectivity index is 2.61. The zero-order valence-corrected chi connectivity index (χ0v) is 12.0. The van der Waals surface area contributed by atoms with Crippen molar-refractivity contribution >= 4 is 31.9 Å². The van der Waals surface area contributed by atoms with Crippen LogP contribution in [0.3, 0.4) is 0 Å². The molecular formula is C11H8Br2N2O2. The number of halogens is 2. The molecule has 1 heterocycles. The van der Waals surface area contributed by atoms with Gasteiger partial charge in [0.05, 0.1) is 5.56 Å². The second-order valence-corrected chi connectivity index (χ2v) is 5.20. The monoisotopic (exact) mass is 358 g/mol. The number of rotatable bonds is 1. The van der Waals surface area contributed by atoms with Crippen LogP contribution in [0, 0.1) is 6.92 Å². The highest BCUT2D eigenvalue weighted by molar-refractivity contribution is 9.13. The first kappa shape index (κ1) is 12.3. The lowest BCUT2D eigenvalue weighted by molar-refractivity contribution is 0.447. The number of aromatic nitrogens is 2. The lowest BCUT2D eigenvalue weighted by atomic mass is 10.2. The van der Waals surface area contributed by atoms with Gasteiger partial charge in [0.25, 0.3) is 5.56 Å². The molecule has 6 heteroatoms. The lowest BCUT2D eigenvalue weighted by Gasteiger charge is -2.04. The van der Waals surface area contributed by atoms with E-state index in [1.807, 2.05) is 6.07 Å². The van der Waals surface area contributed by atoms with E-state index in [1.54, 1.807) is 12.1 Å². The van der Waals surface area contributed by atoms with Crippen molar-refractivity contribution in [2.75, 3.05) is 0 Å². The van der Waals surface area contributed by atoms with Gasteiger partial charge in [-0.05, 0) is 50.9 Å². The number of nitrogens with zero attached hydrogens (tertiary/aromatic N) is 1. The van der Waals surface area contributed by atoms with Gasteiger partial charge in [-0.3, -0.25) is 4.79 Å². The Morgan fingerprint density at radius 3 is 2.59 bits per heavy atom. The molecule has 0 atom stereocenters. The van der Waals surface area contributed by atoms with Gasteiger partial charge in [0, 0.05) is 14.5 Å². The molecule has 0 saturated heterocycles. The lowest BCUT2D eigenvalue weighted by Crippen LogP contribution is -2.12. The van der Waals surface area contributed by atoms with E-state index in [1.165, 1.54) is 6.92 Å². The Hall–Kier alpha value is -1.14. The molecule has 0 bridgehead atoms. The molecule has 0 amide bonds. The Kier molecular flexibility index (Phi) is 3.35. The number of aromatic amines is 1. The van der Waals surface area contributed by atoms with Crippen molar-refractivity contribution in [3.8, 4) is 17.3 Å². The van der Waals surface area contributed by atoms with Gasteiger partial charge in [-0.2, -0.15) is 4.98 Å². The van der Waals surface area contributed by atoms with Gasteiger partial charge in [-0.1, -0.05) is 6.07 Å². The third-order valence-electron chi connectivity index (χ3n) is 2.32. The standard InChI is InChI=1S/C11H8Br2N2O2/c1-5-10(16)14-9(15-11(5)17)6-2-3-7(12)8(13)4-6/h2-4H,1H3,(H2,14,15,16,17). The fourth-order valence-electron chi connectivity index (χ4n) is 1.30. The van der Waals surface area contributed by atoms with Gasteiger partial charge in [0.15, 0.2) is 0 Å². The van der Waals surface area contributed by atoms with Gasteiger partial charge in [0.2, 0.25) is 5.88 Å². The smallest absolute Gasteiger partial charge is 0.257 e. The van der Waals surface area contributed by atoms with E-state index in [-0.39, 0.29) is 17.0 Å². The van der Waals surface area contributed by atoms with Crippen molar-refractivity contribution in [3.63, 3.8) is 0 Å². The summed E-state index contributed by atoms with van der Waals surface area (Å²) in [4.78, 5) is 18.1. The summed E-state index contributed by atoms with van der Waals surface area (Å²) in [7, 11) is 0. The van der Waals surface area contributed by atoms with Gasteiger partial charge in [0.1, 0.15) is 5.82 Å². The van der Waals surface area contributed by atoms with Crippen molar-refractivity contribution in [2.24, 2.45) is 0 Å². The molecule has 1 aromatic carbocycles. The normalized spacial score (nSPS) is 10.5. The van der Waals surface area contributed by atoms with Crippen LogP contribution in [-0.4, -0.2) is 15.1 Å². The molecule has 0 spiro atoms. The zero-order chi connectivity index (χ0) is 12.6. The molecule has 1 aromatic heterocycles. The van der Waals surface area contributed by atoms with Crippen LogP contribution in [-0.2, 0) is 0 Å². The molecule has 2 aromatic rings. The van der Waals surface area contributed by atoms with E-state index in [2.05, 4.69) is 41.8 Å². The fourth-order valence-corrected chi connectivity index (χ4v) is 1.93. The van der Waals surface area contributed by atoms with E-state index in [0.717, 1.165) is 8.95 Å². The quantitative estimate of drug-likeness (QED) is 0.822. The summed E-state index contributed by atoms with van der Waals surface area (Å²) in [6.45, 7) is 1.52. The minimum absolute atomic E-state index is 0.213. The predicted octanol–water partition coefficient (Wildman–Crippen LogP) is 2.98. The molecule has 2 rings (SSSR count). The maximum atomic E-state index is 11.5.